The number of aromatic carboxylic acids is 1. The minimum atomic E-state index is -1.08. The fraction of sp³-hybridized carbons (Fsp3) is 0.235. The zero-order chi connectivity index (χ0) is 16.1. The molecule has 22 heavy (non-hydrogen) atoms. The molecule has 2 N–H and O–H groups in total. The van der Waals surface area contributed by atoms with Crippen molar-refractivity contribution >= 4 is 21.9 Å². The Balaban J connectivity index is 2.35. The van der Waals surface area contributed by atoms with E-state index in [1.54, 1.807) is 19.1 Å². The molecule has 2 unspecified atom stereocenters. The second-order valence-electron chi connectivity index (χ2n) is 4.93. The molecule has 0 bridgehead atoms. The highest BCUT2D eigenvalue weighted by atomic mass is 79.9. The van der Waals surface area contributed by atoms with E-state index in [9.17, 15) is 15.0 Å². The first-order valence-electron chi connectivity index (χ1n) is 6.85. The number of carbonyl (C=O) groups is 1. The summed E-state index contributed by atoms with van der Waals surface area (Å²) in [7, 11) is 0. The summed E-state index contributed by atoms with van der Waals surface area (Å²) in [4.78, 5) is 11.2. The van der Waals surface area contributed by atoms with Crippen LogP contribution in [-0.4, -0.2) is 21.0 Å². The third kappa shape index (κ3) is 3.87. The summed E-state index contributed by atoms with van der Waals surface area (Å²) >= 11 is 3.32. The van der Waals surface area contributed by atoms with Gasteiger partial charge in [-0.1, -0.05) is 58.4 Å². The average molecular weight is 365 g/mol. The number of hydrogen-bond acceptors (Lipinski definition) is 3. The van der Waals surface area contributed by atoms with E-state index in [1.807, 2.05) is 30.3 Å². The first-order chi connectivity index (χ1) is 10.5. The predicted molar refractivity (Wildman–Crippen MR) is 87.5 cm³/mol. The Kier molecular flexibility index (Phi) is 5.57. The van der Waals surface area contributed by atoms with Crippen molar-refractivity contribution in [1.29, 1.82) is 0 Å². The van der Waals surface area contributed by atoms with Crippen molar-refractivity contribution in [2.24, 2.45) is 0 Å². The Bertz CT molecular complexity index is 640. The number of aliphatic hydroxyl groups excluding tert-OH is 1. The van der Waals surface area contributed by atoms with Crippen LogP contribution in [0.3, 0.4) is 0 Å². The first-order valence-corrected chi connectivity index (χ1v) is 7.77. The molecule has 2 aromatic rings. The van der Waals surface area contributed by atoms with Crippen LogP contribution >= 0.6 is 15.9 Å². The van der Waals surface area contributed by atoms with E-state index in [0.717, 1.165) is 5.56 Å². The number of rotatable bonds is 6. The fourth-order valence-corrected chi connectivity index (χ4v) is 2.38. The summed E-state index contributed by atoms with van der Waals surface area (Å²) in [6.07, 6.45) is -0.856. The molecule has 0 aliphatic rings. The molecule has 0 aromatic heterocycles. The van der Waals surface area contributed by atoms with Crippen LogP contribution in [0.5, 0.6) is 5.75 Å². The Morgan fingerprint density at radius 2 is 1.86 bits per heavy atom. The lowest BCUT2D eigenvalue weighted by Crippen LogP contribution is -2.13. The molecule has 2 aromatic carbocycles. The Morgan fingerprint density at radius 1 is 1.18 bits per heavy atom. The number of alkyl halides is 1. The maximum atomic E-state index is 11.4. The van der Waals surface area contributed by atoms with E-state index in [0.29, 0.717) is 5.56 Å². The quantitative estimate of drug-likeness (QED) is 0.765. The largest absolute Gasteiger partial charge is 0.488 e. The molecule has 0 radical (unpaired) electrons. The summed E-state index contributed by atoms with van der Waals surface area (Å²) in [5.74, 6) is -0.878. The smallest absolute Gasteiger partial charge is 0.339 e. The van der Waals surface area contributed by atoms with Crippen LogP contribution in [0.15, 0.2) is 48.5 Å². The Morgan fingerprint density at radius 3 is 2.45 bits per heavy atom. The van der Waals surface area contributed by atoms with Crippen LogP contribution in [0.4, 0.5) is 0 Å². The zero-order valence-corrected chi connectivity index (χ0v) is 13.7. The SMILES string of the molecule is CC(Br)C(O)c1cccc(C(=O)O)c1OCc1ccccc1. The lowest BCUT2D eigenvalue weighted by Gasteiger charge is -2.19. The number of ether oxygens (including phenoxy) is 1. The van der Waals surface area contributed by atoms with Gasteiger partial charge in [-0.3, -0.25) is 0 Å². The van der Waals surface area contributed by atoms with Gasteiger partial charge >= 0.3 is 5.97 Å². The highest BCUT2D eigenvalue weighted by molar-refractivity contribution is 9.09. The van der Waals surface area contributed by atoms with Crippen molar-refractivity contribution < 1.29 is 19.7 Å². The number of carboxylic acid groups (broad SMARTS) is 1. The van der Waals surface area contributed by atoms with Crippen LogP contribution < -0.4 is 4.74 Å². The van der Waals surface area contributed by atoms with Crippen molar-refractivity contribution in [1.82, 2.24) is 0 Å². The van der Waals surface area contributed by atoms with Gasteiger partial charge in [0, 0.05) is 10.4 Å². The molecule has 2 rings (SSSR count). The van der Waals surface area contributed by atoms with E-state index in [1.165, 1.54) is 6.07 Å². The van der Waals surface area contributed by atoms with Gasteiger partial charge in [-0.2, -0.15) is 0 Å². The highest BCUT2D eigenvalue weighted by Crippen LogP contribution is 2.33. The van der Waals surface area contributed by atoms with Gasteiger partial charge in [-0.25, -0.2) is 4.79 Å². The number of para-hydroxylation sites is 1. The lowest BCUT2D eigenvalue weighted by atomic mass is 10.0. The standard InChI is InChI=1S/C17H17BrO4/c1-11(18)15(19)13-8-5-9-14(17(20)21)16(13)22-10-12-6-3-2-4-7-12/h2-9,11,15,19H,10H2,1H3,(H,20,21). The summed E-state index contributed by atoms with van der Waals surface area (Å²) in [5, 5.41) is 19.6. The van der Waals surface area contributed by atoms with E-state index < -0.39 is 12.1 Å². The molecule has 0 spiro atoms. The highest BCUT2D eigenvalue weighted by Gasteiger charge is 2.23. The van der Waals surface area contributed by atoms with Gasteiger partial charge in [0.2, 0.25) is 0 Å². The van der Waals surface area contributed by atoms with Crippen LogP contribution in [0.25, 0.3) is 0 Å². The number of halogens is 1. The third-order valence-corrected chi connectivity index (χ3v) is 3.76. The molecular formula is C17H17BrO4. The lowest BCUT2D eigenvalue weighted by molar-refractivity contribution is 0.0690. The van der Waals surface area contributed by atoms with E-state index >= 15 is 0 Å². The molecule has 0 fully saturated rings. The van der Waals surface area contributed by atoms with Gasteiger partial charge < -0.3 is 14.9 Å². The second kappa shape index (κ2) is 7.42. The van der Waals surface area contributed by atoms with E-state index in [-0.39, 0.29) is 22.7 Å². The molecule has 5 heteroatoms. The zero-order valence-electron chi connectivity index (χ0n) is 12.1. The summed E-state index contributed by atoms with van der Waals surface area (Å²) in [5.41, 5.74) is 1.43. The molecule has 0 heterocycles. The Hall–Kier alpha value is -1.85. The van der Waals surface area contributed by atoms with Crippen molar-refractivity contribution in [3.8, 4) is 5.75 Å². The van der Waals surface area contributed by atoms with Crippen LogP contribution in [0.1, 0.15) is 34.5 Å². The molecule has 0 saturated carbocycles. The minimum Gasteiger partial charge on any atom is -0.488 e. The molecule has 4 nitrogen and oxygen atoms in total. The molecule has 116 valence electrons. The van der Waals surface area contributed by atoms with Crippen molar-refractivity contribution in [2.45, 2.75) is 24.5 Å². The summed E-state index contributed by atoms with van der Waals surface area (Å²) in [6.45, 7) is 2.03. The number of benzene rings is 2. The third-order valence-electron chi connectivity index (χ3n) is 3.26. The summed E-state index contributed by atoms with van der Waals surface area (Å²) < 4.78 is 5.73. The van der Waals surface area contributed by atoms with Crippen molar-refractivity contribution in [2.75, 3.05) is 0 Å². The van der Waals surface area contributed by atoms with Crippen LogP contribution in [0, 0.1) is 0 Å². The molecule has 0 aliphatic carbocycles. The predicted octanol–water partition coefficient (Wildman–Crippen LogP) is 3.78. The Labute approximate surface area is 137 Å². The number of hydrogen-bond donors (Lipinski definition) is 2. The van der Waals surface area contributed by atoms with Gasteiger partial charge in [0.05, 0.1) is 6.10 Å². The average Bonchev–Trinajstić information content (AvgIpc) is 2.52. The van der Waals surface area contributed by atoms with Gasteiger partial charge in [0.1, 0.15) is 17.9 Å². The monoisotopic (exact) mass is 364 g/mol. The topological polar surface area (TPSA) is 66.8 Å². The van der Waals surface area contributed by atoms with Gasteiger partial charge in [-0.05, 0) is 18.6 Å². The fourth-order valence-electron chi connectivity index (χ4n) is 2.09. The second-order valence-corrected chi connectivity index (χ2v) is 6.37. The maximum absolute atomic E-state index is 11.4. The molecular weight excluding hydrogens is 348 g/mol. The van der Waals surface area contributed by atoms with E-state index in [2.05, 4.69) is 15.9 Å². The normalized spacial score (nSPS) is 13.4. The first kappa shape index (κ1) is 16.5. The van der Waals surface area contributed by atoms with Crippen molar-refractivity contribution in [3.63, 3.8) is 0 Å². The molecule has 0 aliphatic heterocycles. The molecule has 0 amide bonds. The van der Waals surface area contributed by atoms with Gasteiger partial charge in [0.25, 0.3) is 0 Å². The number of carboxylic acids is 1. The maximum Gasteiger partial charge on any atom is 0.339 e. The van der Waals surface area contributed by atoms with E-state index in [4.69, 9.17) is 4.74 Å². The summed E-state index contributed by atoms with van der Waals surface area (Å²) in [6, 6.07) is 14.2. The van der Waals surface area contributed by atoms with Gasteiger partial charge in [-0.15, -0.1) is 0 Å². The van der Waals surface area contributed by atoms with Crippen LogP contribution in [0.2, 0.25) is 0 Å². The molecule has 2 atom stereocenters. The van der Waals surface area contributed by atoms with Crippen molar-refractivity contribution in [3.05, 3.63) is 65.2 Å². The molecule has 0 saturated heterocycles. The minimum absolute atomic E-state index is 0.0423. The number of aliphatic hydroxyl groups is 1. The van der Waals surface area contributed by atoms with Gasteiger partial charge in [0.15, 0.2) is 0 Å². The van der Waals surface area contributed by atoms with Crippen LogP contribution in [-0.2, 0) is 6.61 Å².